The average molecular weight is 377 g/mol. The molecule has 0 aromatic heterocycles. The van der Waals surface area contributed by atoms with Crippen molar-refractivity contribution < 1.29 is 27.9 Å². The molecule has 1 aliphatic rings. The molecule has 0 saturated heterocycles. The van der Waals surface area contributed by atoms with Gasteiger partial charge in [0.2, 0.25) is 5.91 Å². The van der Waals surface area contributed by atoms with Crippen LogP contribution >= 0.6 is 0 Å². The van der Waals surface area contributed by atoms with Crippen molar-refractivity contribution in [2.45, 2.75) is 31.0 Å². The zero-order chi connectivity index (χ0) is 19.6. The number of alkyl halides is 3. The van der Waals surface area contributed by atoms with Crippen molar-refractivity contribution in [3.8, 4) is 0 Å². The van der Waals surface area contributed by atoms with Crippen molar-refractivity contribution in [1.29, 1.82) is 0 Å². The minimum absolute atomic E-state index is 0.142. The number of nitrogens with one attached hydrogen (secondary N) is 1. The molecule has 1 saturated carbocycles. The van der Waals surface area contributed by atoms with Gasteiger partial charge in [-0.05, 0) is 29.5 Å². The second kappa shape index (κ2) is 7.42. The molecule has 0 radical (unpaired) electrons. The van der Waals surface area contributed by atoms with Crippen LogP contribution in [0.2, 0.25) is 0 Å². The number of carboxylic acid groups (broad SMARTS) is 1. The molecule has 2 aromatic rings. The highest BCUT2D eigenvalue weighted by Crippen LogP contribution is 2.48. The van der Waals surface area contributed by atoms with E-state index in [-0.39, 0.29) is 12.3 Å². The number of rotatable bonds is 6. The van der Waals surface area contributed by atoms with Crippen molar-refractivity contribution in [1.82, 2.24) is 5.32 Å². The maximum absolute atomic E-state index is 12.8. The Morgan fingerprint density at radius 2 is 1.81 bits per heavy atom. The van der Waals surface area contributed by atoms with Crippen LogP contribution in [0, 0.1) is 5.92 Å². The Morgan fingerprint density at radius 1 is 1.11 bits per heavy atom. The first-order valence-electron chi connectivity index (χ1n) is 8.50. The lowest BCUT2D eigenvalue weighted by Crippen LogP contribution is -2.43. The molecule has 0 bridgehead atoms. The molecule has 1 amide bonds. The van der Waals surface area contributed by atoms with Gasteiger partial charge in [-0.25, -0.2) is 4.79 Å². The molecule has 3 atom stereocenters. The molecule has 1 fully saturated rings. The summed E-state index contributed by atoms with van der Waals surface area (Å²) in [6.45, 7) is 0. The molecule has 0 spiro atoms. The Balaban J connectivity index is 1.64. The molecule has 0 heterocycles. The third-order valence-corrected chi connectivity index (χ3v) is 4.67. The highest BCUT2D eigenvalue weighted by atomic mass is 19.4. The van der Waals surface area contributed by atoms with Gasteiger partial charge in [-0.15, -0.1) is 0 Å². The van der Waals surface area contributed by atoms with E-state index in [2.05, 4.69) is 5.32 Å². The molecule has 0 aliphatic heterocycles. The lowest BCUT2D eigenvalue weighted by Gasteiger charge is -2.15. The van der Waals surface area contributed by atoms with Gasteiger partial charge in [0.15, 0.2) is 0 Å². The predicted molar refractivity (Wildman–Crippen MR) is 92.0 cm³/mol. The van der Waals surface area contributed by atoms with Crippen LogP contribution in [0.4, 0.5) is 13.2 Å². The minimum Gasteiger partial charge on any atom is -0.480 e. The summed E-state index contributed by atoms with van der Waals surface area (Å²) in [5.74, 6) is -2.42. The number of carboxylic acids is 1. The smallest absolute Gasteiger partial charge is 0.416 e. The number of halogens is 3. The topological polar surface area (TPSA) is 66.4 Å². The number of hydrogen-bond donors (Lipinski definition) is 2. The second-order valence-electron chi connectivity index (χ2n) is 6.66. The summed E-state index contributed by atoms with van der Waals surface area (Å²) >= 11 is 0. The monoisotopic (exact) mass is 377 g/mol. The number of carbonyl (C=O) groups is 2. The lowest BCUT2D eigenvalue weighted by atomic mass is 10.0. The van der Waals surface area contributed by atoms with E-state index in [1.165, 1.54) is 6.07 Å². The fraction of sp³-hybridized carbons (Fsp3) is 0.300. The largest absolute Gasteiger partial charge is 0.480 e. The number of amides is 1. The highest BCUT2D eigenvalue weighted by molar-refractivity contribution is 5.87. The average Bonchev–Trinajstić information content (AvgIpc) is 3.42. The third-order valence-electron chi connectivity index (χ3n) is 4.67. The number of benzene rings is 2. The maximum Gasteiger partial charge on any atom is 0.416 e. The lowest BCUT2D eigenvalue weighted by molar-refractivity contribution is -0.142. The molecule has 142 valence electrons. The molecule has 2 unspecified atom stereocenters. The van der Waals surface area contributed by atoms with E-state index in [4.69, 9.17) is 0 Å². The van der Waals surface area contributed by atoms with Crippen molar-refractivity contribution in [2.24, 2.45) is 5.92 Å². The summed E-state index contributed by atoms with van der Waals surface area (Å²) in [6, 6.07) is 12.7. The van der Waals surface area contributed by atoms with E-state index in [1.54, 1.807) is 30.3 Å². The van der Waals surface area contributed by atoms with Gasteiger partial charge < -0.3 is 10.4 Å². The first-order valence-corrected chi connectivity index (χ1v) is 8.50. The van der Waals surface area contributed by atoms with Crippen molar-refractivity contribution in [3.63, 3.8) is 0 Å². The molecule has 1 aliphatic carbocycles. The van der Waals surface area contributed by atoms with Crippen molar-refractivity contribution in [3.05, 3.63) is 71.3 Å². The van der Waals surface area contributed by atoms with E-state index in [9.17, 15) is 27.9 Å². The van der Waals surface area contributed by atoms with Crippen LogP contribution in [-0.4, -0.2) is 23.0 Å². The van der Waals surface area contributed by atoms with E-state index < -0.39 is 35.6 Å². The highest BCUT2D eigenvalue weighted by Gasteiger charge is 2.45. The predicted octanol–water partition coefficient (Wildman–Crippen LogP) is 3.62. The summed E-state index contributed by atoms with van der Waals surface area (Å²) in [4.78, 5) is 23.8. The molecule has 4 nitrogen and oxygen atoms in total. The third kappa shape index (κ3) is 4.67. The number of hydrogen-bond acceptors (Lipinski definition) is 2. The van der Waals surface area contributed by atoms with Crippen LogP contribution in [0.5, 0.6) is 0 Å². The van der Waals surface area contributed by atoms with Crippen LogP contribution in [0.15, 0.2) is 54.6 Å². The summed E-state index contributed by atoms with van der Waals surface area (Å²) in [5, 5.41) is 11.9. The first kappa shape index (κ1) is 18.9. The van der Waals surface area contributed by atoms with Gasteiger partial charge >= 0.3 is 12.1 Å². The van der Waals surface area contributed by atoms with Gasteiger partial charge in [0.1, 0.15) is 6.04 Å². The molecule has 2 N–H and O–H groups in total. The normalized spacial score (nSPS) is 20.0. The van der Waals surface area contributed by atoms with Crippen molar-refractivity contribution in [2.75, 3.05) is 0 Å². The van der Waals surface area contributed by atoms with Crippen LogP contribution in [0.25, 0.3) is 0 Å². The van der Waals surface area contributed by atoms with Gasteiger partial charge in [-0.3, -0.25) is 4.79 Å². The van der Waals surface area contributed by atoms with E-state index in [0.717, 1.165) is 17.7 Å². The molecule has 2 aromatic carbocycles. The van der Waals surface area contributed by atoms with Crippen molar-refractivity contribution >= 4 is 11.9 Å². The molecule has 27 heavy (non-hydrogen) atoms. The Hall–Kier alpha value is -2.83. The molecule has 7 heteroatoms. The van der Waals surface area contributed by atoms with Gasteiger partial charge in [0.25, 0.3) is 0 Å². The van der Waals surface area contributed by atoms with Gasteiger partial charge in [0.05, 0.1) is 5.56 Å². The van der Waals surface area contributed by atoms with Crippen LogP contribution in [0.1, 0.15) is 29.0 Å². The van der Waals surface area contributed by atoms with E-state index in [0.29, 0.717) is 12.0 Å². The quantitative estimate of drug-likeness (QED) is 0.808. The number of carbonyl (C=O) groups excluding carboxylic acids is 1. The zero-order valence-electron chi connectivity index (χ0n) is 14.2. The summed E-state index contributed by atoms with van der Waals surface area (Å²) < 4.78 is 38.5. The Morgan fingerprint density at radius 3 is 2.44 bits per heavy atom. The second-order valence-corrected chi connectivity index (χ2v) is 6.66. The Bertz CT molecular complexity index is 836. The molecule has 3 rings (SSSR count). The standard InChI is InChI=1S/C20H18F3NO3/c21-20(22,23)14-8-4-7-13(10-14)15-11-16(15)18(25)24-17(19(26)27)9-12-5-2-1-3-6-12/h1-8,10,15-17H,9,11H2,(H,24,25)(H,26,27)/t15?,16?,17-/m0/s1. The summed E-state index contributed by atoms with van der Waals surface area (Å²) in [6.07, 6.45) is -3.89. The fourth-order valence-corrected chi connectivity index (χ4v) is 3.13. The SMILES string of the molecule is O=C(N[C@@H](Cc1ccccc1)C(=O)O)C1CC1c1cccc(C(F)(F)F)c1. The fourth-order valence-electron chi connectivity index (χ4n) is 3.13. The summed E-state index contributed by atoms with van der Waals surface area (Å²) in [5.41, 5.74) is 0.467. The summed E-state index contributed by atoms with van der Waals surface area (Å²) in [7, 11) is 0. The number of aliphatic carboxylic acids is 1. The van der Waals surface area contributed by atoms with Crippen LogP contribution < -0.4 is 5.32 Å². The zero-order valence-corrected chi connectivity index (χ0v) is 14.2. The van der Waals surface area contributed by atoms with Gasteiger partial charge in [-0.1, -0.05) is 48.5 Å². The van der Waals surface area contributed by atoms with Crippen LogP contribution in [-0.2, 0) is 22.2 Å². The van der Waals surface area contributed by atoms with Gasteiger partial charge in [0, 0.05) is 12.3 Å². The molecular formula is C20H18F3NO3. The van der Waals surface area contributed by atoms with Gasteiger partial charge in [-0.2, -0.15) is 13.2 Å². The first-order chi connectivity index (χ1) is 12.8. The minimum atomic E-state index is -4.44. The van der Waals surface area contributed by atoms with Crippen LogP contribution in [0.3, 0.4) is 0 Å². The van der Waals surface area contributed by atoms with E-state index >= 15 is 0 Å². The van der Waals surface area contributed by atoms with E-state index in [1.807, 2.05) is 6.07 Å². The maximum atomic E-state index is 12.8. The Kier molecular flexibility index (Phi) is 5.21. The Labute approximate surface area is 154 Å². The molecular weight excluding hydrogens is 359 g/mol.